The Hall–Kier alpha value is -3.41. The molecule has 1 amide bonds. The molecule has 0 saturated carbocycles. The van der Waals surface area contributed by atoms with Crippen LogP contribution in [0.15, 0.2) is 73.1 Å². The van der Waals surface area contributed by atoms with Gasteiger partial charge in [-0.25, -0.2) is 4.79 Å². The summed E-state index contributed by atoms with van der Waals surface area (Å²) in [5, 5.41) is 4.14. The van der Waals surface area contributed by atoms with Crippen molar-refractivity contribution in [2.24, 2.45) is 5.73 Å². The van der Waals surface area contributed by atoms with E-state index in [1.54, 1.807) is 47.3 Å². The predicted molar refractivity (Wildman–Crippen MR) is 91.6 cm³/mol. The van der Waals surface area contributed by atoms with Crippen molar-refractivity contribution in [3.8, 4) is 0 Å². The number of nitrogens with zero attached hydrogens (tertiary/aromatic N) is 2. The molecule has 0 aliphatic carbocycles. The van der Waals surface area contributed by atoms with Gasteiger partial charge in [0.25, 0.3) is 5.91 Å². The van der Waals surface area contributed by atoms with Crippen LogP contribution in [0.4, 0.5) is 0 Å². The van der Waals surface area contributed by atoms with Crippen molar-refractivity contribution in [3.63, 3.8) is 0 Å². The fourth-order valence-corrected chi connectivity index (χ4v) is 2.42. The largest absolute Gasteiger partial charge is 0.444 e. The second-order valence-corrected chi connectivity index (χ2v) is 5.50. The third-order valence-corrected chi connectivity index (χ3v) is 3.68. The summed E-state index contributed by atoms with van der Waals surface area (Å²) in [6.07, 6.45) is 2.45. The molecule has 0 unspecified atom stereocenters. The quantitative estimate of drug-likeness (QED) is 0.700. The Morgan fingerprint density at radius 1 is 1.04 bits per heavy atom. The lowest BCUT2D eigenvalue weighted by atomic mass is 10.1. The van der Waals surface area contributed by atoms with Gasteiger partial charge in [0, 0.05) is 18.0 Å². The number of amides is 1. The molecular formula is C19H17N3O3. The zero-order valence-corrected chi connectivity index (χ0v) is 13.4. The maximum atomic E-state index is 12.3. The molecule has 0 spiro atoms. The van der Waals surface area contributed by atoms with E-state index in [0.29, 0.717) is 17.7 Å². The number of primary amides is 1. The van der Waals surface area contributed by atoms with Gasteiger partial charge in [-0.05, 0) is 23.8 Å². The summed E-state index contributed by atoms with van der Waals surface area (Å²) in [6.45, 7) is 0.607. The smallest absolute Gasteiger partial charge is 0.339 e. The summed E-state index contributed by atoms with van der Waals surface area (Å²) >= 11 is 0. The number of hydrogen-bond donors (Lipinski definition) is 1. The van der Waals surface area contributed by atoms with Crippen LogP contribution >= 0.6 is 0 Å². The van der Waals surface area contributed by atoms with E-state index in [4.69, 9.17) is 10.5 Å². The van der Waals surface area contributed by atoms with E-state index in [1.807, 2.05) is 30.5 Å². The average Bonchev–Trinajstić information content (AvgIpc) is 3.13. The number of aromatic nitrogens is 2. The summed E-state index contributed by atoms with van der Waals surface area (Å²) < 4.78 is 7.08. The van der Waals surface area contributed by atoms with Crippen LogP contribution < -0.4 is 5.73 Å². The van der Waals surface area contributed by atoms with Crippen LogP contribution in [0, 0.1) is 0 Å². The van der Waals surface area contributed by atoms with Crippen LogP contribution in [0.3, 0.4) is 0 Å². The molecule has 1 atom stereocenters. The first-order valence-corrected chi connectivity index (χ1v) is 7.75. The molecule has 0 aliphatic rings. The van der Waals surface area contributed by atoms with Gasteiger partial charge < -0.3 is 10.5 Å². The van der Waals surface area contributed by atoms with Crippen molar-refractivity contribution >= 4 is 11.9 Å². The molecule has 1 aromatic heterocycles. The summed E-state index contributed by atoms with van der Waals surface area (Å²) in [5.41, 5.74) is 7.26. The Kier molecular flexibility index (Phi) is 4.89. The lowest BCUT2D eigenvalue weighted by Crippen LogP contribution is -2.26. The van der Waals surface area contributed by atoms with Crippen molar-refractivity contribution in [3.05, 3.63) is 89.7 Å². The minimum atomic E-state index is -1.11. The maximum Gasteiger partial charge on any atom is 0.339 e. The number of nitrogens with two attached hydrogens (primary N) is 1. The van der Waals surface area contributed by atoms with Crippen molar-refractivity contribution in [1.82, 2.24) is 9.78 Å². The molecule has 2 aromatic carbocycles. The third kappa shape index (κ3) is 4.11. The van der Waals surface area contributed by atoms with E-state index in [1.165, 1.54) is 0 Å². The number of benzene rings is 2. The average molecular weight is 335 g/mol. The van der Waals surface area contributed by atoms with E-state index < -0.39 is 18.0 Å². The highest BCUT2D eigenvalue weighted by atomic mass is 16.5. The molecule has 25 heavy (non-hydrogen) atoms. The minimum absolute atomic E-state index is 0.353. The monoisotopic (exact) mass is 335 g/mol. The zero-order chi connectivity index (χ0) is 17.6. The Morgan fingerprint density at radius 3 is 2.36 bits per heavy atom. The zero-order valence-electron chi connectivity index (χ0n) is 13.4. The van der Waals surface area contributed by atoms with Gasteiger partial charge in [0.05, 0.1) is 12.1 Å². The van der Waals surface area contributed by atoms with E-state index in [0.717, 1.165) is 5.56 Å². The Bertz CT molecular complexity index is 843. The summed E-state index contributed by atoms with van der Waals surface area (Å²) in [6, 6.07) is 17.5. The van der Waals surface area contributed by atoms with Crippen LogP contribution in [0.5, 0.6) is 0 Å². The fraction of sp³-hybridized carbons (Fsp3) is 0.105. The van der Waals surface area contributed by atoms with Gasteiger partial charge in [-0.1, -0.05) is 42.5 Å². The first-order valence-electron chi connectivity index (χ1n) is 7.75. The normalized spacial score (nSPS) is 11.7. The van der Waals surface area contributed by atoms with E-state index in [-0.39, 0.29) is 0 Å². The van der Waals surface area contributed by atoms with Gasteiger partial charge in [-0.2, -0.15) is 5.10 Å². The van der Waals surface area contributed by atoms with Crippen LogP contribution in [-0.4, -0.2) is 21.7 Å². The van der Waals surface area contributed by atoms with E-state index in [2.05, 4.69) is 5.10 Å². The van der Waals surface area contributed by atoms with E-state index >= 15 is 0 Å². The Balaban J connectivity index is 1.70. The Morgan fingerprint density at radius 2 is 1.76 bits per heavy atom. The fourth-order valence-electron chi connectivity index (χ4n) is 2.42. The lowest BCUT2D eigenvalue weighted by molar-refractivity contribution is -0.127. The molecule has 6 heteroatoms. The molecule has 0 aliphatic heterocycles. The first kappa shape index (κ1) is 16.4. The number of esters is 1. The highest BCUT2D eigenvalue weighted by molar-refractivity contribution is 5.92. The molecule has 126 valence electrons. The maximum absolute atomic E-state index is 12.3. The summed E-state index contributed by atoms with van der Waals surface area (Å²) in [5.74, 6) is -1.31. The van der Waals surface area contributed by atoms with Gasteiger partial charge in [-0.3, -0.25) is 9.48 Å². The lowest BCUT2D eigenvalue weighted by Gasteiger charge is -2.15. The van der Waals surface area contributed by atoms with Crippen molar-refractivity contribution in [2.75, 3.05) is 0 Å². The molecule has 3 aromatic rings. The van der Waals surface area contributed by atoms with Crippen LogP contribution in [0.2, 0.25) is 0 Å². The van der Waals surface area contributed by atoms with Gasteiger partial charge >= 0.3 is 5.97 Å². The topological polar surface area (TPSA) is 87.2 Å². The number of carbonyl (C=O) groups excluding carboxylic acids is 2. The van der Waals surface area contributed by atoms with Crippen molar-refractivity contribution in [1.29, 1.82) is 0 Å². The standard InChI is InChI=1S/C19H17N3O3/c20-18(23)17(15-5-2-1-3-6-15)25-19(24)16-9-7-14(8-10-16)13-22-12-4-11-21-22/h1-12,17H,13H2,(H2,20,23)/t17-/m0/s1. The highest BCUT2D eigenvalue weighted by Crippen LogP contribution is 2.19. The molecule has 2 N–H and O–H groups in total. The second-order valence-electron chi connectivity index (χ2n) is 5.50. The first-order chi connectivity index (χ1) is 12.1. The molecule has 0 bridgehead atoms. The van der Waals surface area contributed by atoms with Crippen LogP contribution in [0.25, 0.3) is 0 Å². The van der Waals surface area contributed by atoms with Gasteiger partial charge in [0.1, 0.15) is 0 Å². The molecule has 0 radical (unpaired) electrons. The van der Waals surface area contributed by atoms with Crippen LogP contribution in [0.1, 0.15) is 27.6 Å². The predicted octanol–water partition coefficient (Wildman–Crippen LogP) is 2.31. The van der Waals surface area contributed by atoms with Crippen LogP contribution in [-0.2, 0) is 16.1 Å². The van der Waals surface area contributed by atoms with Gasteiger partial charge in [0.15, 0.2) is 0 Å². The number of carbonyl (C=O) groups is 2. The molecule has 0 saturated heterocycles. The molecule has 3 rings (SSSR count). The molecule has 6 nitrogen and oxygen atoms in total. The Labute approximate surface area is 144 Å². The number of hydrogen-bond acceptors (Lipinski definition) is 4. The van der Waals surface area contributed by atoms with Gasteiger partial charge in [-0.15, -0.1) is 0 Å². The minimum Gasteiger partial charge on any atom is -0.444 e. The van der Waals surface area contributed by atoms with Gasteiger partial charge in [0.2, 0.25) is 6.10 Å². The highest BCUT2D eigenvalue weighted by Gasteiger charge is 2.23. The van der Waals surface area contributed by atoms with Crippen molar-refractivity contribution in [2.45, 2.75) is 12.6 Å². The van der Waals surface area contributed by atoms with E-state index in [9.17, 15) is 9.59 Å². The molecular weight excluding hydrogens is 318 g/mol. The summed E-state index contributed by atoms with van der Waals surface area (Å²) in [4.78, 5) is 23.9. The number of rotatable bonds is 6. The second kappa shape index (κ2) is 7.44. The molecule has 0 fully saturated rings. The third-order valence-electron chi connectivity index (χ3n) is 3.68. The SMILES string of the molecule is NC(=O)[C@@H](OC(=O)c1ccc(Cn2cccn2)cc1)c1ccccc1. The summed E-state index contributed by atoms with van der Waals surface area (Å²) in [7, 11) is 0. The van der Waals surface area contributed by atoms with Crippen molar-refractivity contribution < 1.29 is 14.3 Å². The molecule has 1 heterocycles. The number of ether oxygens (including phenoxy) is 1.